The van der Waals surface area contributed by atoms with Gasteiger partial charge in [0.05, 0.1) is 11.9 Å². The summed E-state index contributed by atoms with van der Waals surface area (Å²) in [5.74, 6) is -0.397. The average Bonchev–Trinajstić information content (AvgIpc) is 3.04. The summed E-state index contributed by atoms with van der Waals surface area (Å²) in [7, 11) is -3.56. The lowest BCUT2D eigenvalue weighted by Crippen LogP contribution is -2.39. The second-order valence-electron chi connectivity index (χ2n) is 9.50. The maximum Gasteiger partial charge on any atom is 0.269 e. The van der Waals surface area contributed by atoms with E-state index in [0.29, 0.717) is 23.6 Å². The van der Waals surface area contributed by atoms with Gasteiger partial charge in [0, 0.05) is 13.0 Å². The lowest BCUT2D eigenvalue weighted by molar-refractivity contribution is -0.115. The van der Waals surface area contributed by atoms with Gasteiger partial charge in [-0.3, -0.25) is 9.52 Å². The second-order valence-corrected chi connectivity index (χ2v) is 11.2. The molecule has 0 atom stereocenters. The molecule has 2 N–H and O–H groups in total. The number of nitrogens with one attached hydrogen (secondary N) is 2. The van der Waals surface area contributed by atoms with E-state index in [1.54, 1.807) is 6.07 Å². The number of halogens is 1. The van der Waals surface area contributed by atoms with Crippen LogP contribution in [0.2, 0.25) is 0 Å². The summed E-state index contributed by atoms with van der Waals surface area (Å²) in [5.41, 5.74) is 0.636. The average molecular weight is 440 g/mol. The van der Waals surface area contributed by atoms with Crippen molar-refractivity contribution in [3.8, 4) is 0 Å². The summed E-state index contributed by atoms with van der Waals surface area (Å²) in [4.78, 5) is 18.2. The summed E-state index contributed by atoms with van der Waals surface area (Å²) < 4.78 is 38.7. The molecule has 1 aromatic rings. The van der Waals surface area contributed by atoms with Crippen LogP contribution in [0.5, 0.6) is 0 Å². The molecule has 0 saturated heterocycles. The Balaban J connectivity index is 1.52. The van der Waals surface area contributed by atoms with E-state index < -0.39 is 15.8 Å². The molecule has 9 heteroatoms. The van der Waals surface area contributed by atoms with Crippen molar-refractivity contribution < 1.29 is 22.4 Å². The third-order valence-electron chi connectivity index (χ3n) is 6.00. The molecule has 1 aliphatic carbocycles. The number of carbonyl (C=O) groups excluding carboxylic acids is 1. The van der Waals surface area contributed by atoms with Gasteiger partial charge in [0.2, 0.25) is 10.0 Å². The molecule has 30 heavy (non-hydrogen) atoms. The molecule has 0 unspecified atom stereocenters. The molecule has 2 aliphatic rings. The maximum absolute atomic E-state index is 14.1. The van der Waals surface area contributed by atoms with E-state index in [2.05, 4.69) is 36.0 Å². The number of hydrogen-bond acceptors (Lipinski definition) is 5. The maximum atomic E-state index is 14.1. The molecule has 0 radical (unpaired) electrons. The molecule has 3 rings (SSSR count). The fourth-order valence-electron chi connectivity index (χ4n) is 4.16. The third kappa shape index (κ3) is 5.50. The minimum atomic E-state index is -3.56. The lowest BCUT2D eigenvalue weighted by Gasteiger charge is -2.40. The summed E-state index contributed by atoms with van der Waals surface area (Å²) >= 11 is 0. The van der Waals surface area contributed by atoms with Gasteiger partial charge in [-0.15, -0.1) is 0 Å². The monoisotopic (exact) mass is 439 g/mol. The van der Waals surface area contributed by atoms with Crippen LogP contribution in [0.3, 0.4) is 0 Å². The van der Waals surface area contributed by atoms with E-state index in [1.165, 1.54) is 12.1 Å². The van der Waals surface area contributed by atoms with Gasteiger partial charge in [-0.2, -0.15) is 0 Å². The quantitative estimate of drug-likeness (QED) is 0.733. The minimum Gasteiger partial charge on any atom is -0.388 e. The molecule has 1 heterocycles. The van der Waals surface area contributed by atoms with E-state index in [0.717, 1.165) is 31.9 Å². The minimum absolute atomic E-state index is 0.104. The normalized spacial score (nSPS) is 24.3. The van der Waals surface area contributed by atoms with Crippen LogP contribution in [0, 0.1) is 17.2 Å². The molecule has 1 spiro atoms. The molecular weight excluding hydrogens is 409 g/mol. The van der Waals surface area contributed by atoms with Crippen LogP contribution in [0.25, 0.3) is 0 Å². The SMILES string of the molecule is CC(C)(C)C1CCC2(CC1)CC(C(=O)NCc1ccc(NS(C)(=O)=O)c(F)c1)=NO2. The highest BCUT2D eigenvalue weighted by molar-refractivity contribution is 7.92. The first-order chi connectivity index (χ1) is 13.9. The van der Waals surface area contributed by atoms with Crippen molar-refractivity contribution in [3.05, 3.63) is 29.6 Å². The largest absolute Gasteiger partial charge is 0.388 e. The first kappa shape index (κ1) is 22.5. The molecular formula is C21H30FN3O4S. The fraction of sp³-hybridized carbons (Fsp3) is 0.619. The Labute approximate surface area is 177 Å². The summed E-state index contributed by atoms with van der Waals surface area (Å²) in [6, 6.07) is 4.08. The van der Waals surface area contributed by atoms with Crippen molar-refractivity contribution in [2.45, 2.75) is 65.0 Å². The Bertz CT molecular complexity index is 945. The predicted molar refractivity (Wildman–Crippen MR) is 114 cm³/mol. The Morgan fingerprint density at radius 2 is 1.97 bits per heavy atom. The summed E-state index contributed by atoms with van der Waals surface area (Å²) in [6.45, 7) is 6.88. The molecule has 1 fully saturated rings. The standard InChI is InChI=1S/C21H30FN3O4S/c1-20(2,3)15-7-9-21(10-8-15)12-18(24-29-21)19(26)23-13-14-5-6-17(16(22)11-14)25-30(4,27)28/h5-6,11,15,25H,7-10,12-13H2,1-4H3,(H,23,26). The molecule has 0 bridgehead atoms. The zero-order valence-corrected chi connectivity index (χ0v) is 18.7. The highest BCUT2D eigenvalue weighted by atomic mass is 32.2. The Kier molecular flexibility index (Phi) is 6.13. The number of amides is 1. The summed E-state index contributed by atoms with van der Waals surface area (Å²) in [5, 5.41) is 6.77. The molecule has 1 aliphatic heterocycles. The first-order valence-electron chi connectivity index (χ1n) is 10.2. The topological polar surface area (TPSA) is 96.9 Å². The molecule has 1 saturated carbocycles. The molecule has 1 amide bonds. The predicted octanol–water partition coefficient (Wildman–Crippen LogP) is 3.56. The van der Waals surface area contributed by atoms with Crippen molar-refractivity contribution >= 4 is 27.3 Å². The first-order valence-corrected chi connectivity index (χ1v) is 12.1. The van der Waals surface area contributed by atoms with Crippen molar-refractivity contribution in [2.75, 3.05) is 11.0 Å². The van der Waals surface area contributed by atoms with E-state index in [4.69, 9.17) is 4.84 Å². The van der Waals surface area contributed by atoms with Gasteiger partial charge < -0.3 is 10.2 Å². The number of oxime groups is 1. The van der Waals surface area contributed by atoms with Crippen molar-refractivity contribution in [1.82, 2.24) is 5.32 Å². The van der Waals surface area contributed by atoms with E-state index >= 15 is 0 Å². The van der Waals surface area contributed by atoms with Crippen LogP contribution in [-0.2, 0) is 26.2 Å². The van der Waals surface area contributed by atoms with Crippen LogP contribution in [0.15, 0.2) is 23.4 Å². The van der Waals surface area contributed by atoms with Crippen LogP contribution in [0.4, 0.5) is 10.1 Å². The van der Waals surface area contributed by atoms with Gasteiger partial charge in [-0.25, -0.2) is 12.8 Å². The van der Waals surface area contributed by atoms with Gasteiger partial charge in [0.15, 0.2) is 0 Å². The van der Waals surface area contributed by atoms with Gasteiger partial charge in [0.25, 0.3) is 5.91 Å². The number of benzene rings is 1. The van der Waals surface area contributed by atoms with Crippen molar-refractivity contribution in [3.63, 3.8) is 0 Å². The lowest BCUT2D eigenvalue weighted by atomic mass is 9.67. The van der Waals surface area contributed by atoms with Crippen LogP contribution in [-0.4, -0.2) is 31.9 Å². The molecule has 1 aromatic carbocycles. The van der Waals surface area contributed by atoms with E-state index in [1.807, 2.05) is 0 Å². The highest BCUT2D eigenvalue weighted by Crippen LogP contribution is 2.45. The molecule has 0 aromatic heterocycles. The molecule has 7 nitrogen and oxygen atoms in total. The van der Waals surface area contributed by atoms with E-state index in [9.17, 15) is 17.6 Å². The Morgan fingerprint density at radius 1 is 1.30 bits per heavy atom. The van der Waals surface area contributed by atoms with E-state index in [-0.39, 0.29) is 29.2 Å². The number of hydrogen-bond donors (Lipinski definition) is 2. The number of rotatable bonds is 5. The number of carbonyl (C=O) groups is 1. The smallest absolute Gasteiger partial charge is 0.269 e. The highest BCUT2D eigenvalue weighted by Gasteiger charge is 2.45. The van der Waals surface area contributed by atoms with Gasteiger partial charge in [0.1, 0.15) is 17.1 Å². The second kappa shape index (κ2) is 8.17. The summed E-state index contributed by atoms with van der Waals surface area (Å²) in [6.07, 6.45) is 5.32. The number of sulfonamides is 1. The number of anilines is 1. The third-order valence-corrected chi connectivity index (χ3v) is 6.60. The zero-order chi connectivity index (χ0) is 22.2. The van der Waals surface area contributed by atoms with Gasteiger partial charge >= 0.3 is 0 Å². The van der Waals surface area contributed by atoms with Gasteiger partial charge in [-0.05, 0) is 54.7 Å². The number of nitrogens with zero attached hydrogens (tertiary/aromatic N) is 1. The van der Waals surface area contributed by atoms with Crippen LogP contribution >= 0.6 is 0 Å². The Hall–Kier alpha value is -2.16. The zero-order valence-electron chi connectivity index (χ0n) is 17.9. The molecule has 166 valence electrons. The van der Waals surface area contributed by atoms with Crippen LogP contribution in [0.1, 0.15) is 58.4 Å². The van der Waals surface area contributed by atoms with Crippen molar-refractivity contribution in [1.29, 1.82) is 0 Å². The van der Waals surface area contributed by atoms with Crippen LogP contribution < -0.4 is 10.0 Å². The fourth-order valence-corrected chi connectivity index (χ4v) is 4.72. The van der Waals surface area contributed by atoms with Crippen molar-refractivity contribution in [2.24, 2.45) is 16.5 Å². The Morgan fingerprint density at radius 3 is 2.53 bits per heavy atom. The van der Waals surface area contributed by atoms with Gasteiger partial charge in [-0.1, -0.05) is 32.0 Å².